The molecule has 1 saturated heterocycles. The molecule has 0 saturated carbocycles. The monoisotopic (exact) mass is 275 g/mol. The Labute approximate surface area is 119 Å². The molecule has 1 aromatic carbocycles. The van der Waals surface area contributed by atoms with Crippen LogP contribution >= 0.6 is 0 Å². The lowest BCUT2D eigenvalue weighted by Crippen LogP contribution is -2.43. The number of carbonyl (C=O) groups is 2. The van der Waals surface area contributed by atoms with E-state index in [4.69, 9.17) is 4.74 Å². The number of carbonyl (C=O) groups excluding carboxylic acids is 2. The minimum Gasteiger partial charge on any atom is -0.467 e. The Hall–Kier alpha value is -1.84. The van der Waals surface area contributed by atoms with Gasteiger partial charge in [0.2, 0.25) is 5.91 Å². The first-order valence-corrected chi connectivity index (χ1v) is 7.05. The Morgan fingerprint density at radius 3 is 2.70 bits per heavy atom. The second-order valence-corrected chi connectivity index (χ2v) is 5.30. The van der Waals surface area contributed by atoms with Gasteiger partial charge in [-0.25, -0.2) is 4.79 Å². The molecule has 2 atom stereocenters. The predicted molar refractivity (Wildman–Crippen MR) is 76.1 cm³/mol. The van der Waals surface area contributed by atoms with Crippen LogP contribution in [0.1, 0.15) is 25.3 Å². The highest BCUT2D eigenvalue weighted by Crippen LogP contribution is 2.22. The largest absolute Gasteiger partial charge is 0.467 e. The predicted octanol–water partition coefficient (Wildman–Crippen LogP) is 2.03. The second kappa shape index (κ2) is 6.55. The van der Waals surface area contributed by atoms with E-state index in [1.165, 1.54) is 7.11 Å². The first kappa shape index (κ1) is 14.6. The molecule has 1 heterocycles. The standard InChI is InChI=1S/C16H21NO3/c1-12(11-13-7-4-3-5-8-13)15(18)17-10-6-9-14(17)16(19)20-2/h3-5,7-8,12,14H,6,9-11H2,1-2H3/t12?,14-/m0/s1. The number of benzene rings is 1. The van der Waals surface area contributed by atoms with E-state index in [9.17, 15) is 9.59 Å². The Bertz CT molecular complexity index is 472. The molecule has 108 valence electrons. The van der Waals surface area contributed by atoms with Crippen molar-refractivity contribution in [3.8, 4) is 0 Å². The molecule has 4 heteroatoms. The number of likely N-dealkylation sites (tertiary alicyclic amines) is 1. The van der Waals surface area contributed by atoms with Crippen LogP contribution in [0.3, 0.4) is 0 Å². The summed E-state index contributed by atoms with van der Waals surface area (Å²) in [4.78, 5) is 25.9. The Morgan fingerprint density at radius 2 is 2.05 bits per heavy atom. The molecule has 1 aromatic rings. The van der Waals surface area contributed by atoms with Gasteiger partial charge in [0.1, 0.15) is 6.04 Å². The first-order valence-electron chi connectivity index (χ1n) is 7.05. The fourth-order valence-electron chi connectivity index (χ4n) is 2.75. The average Bonchev–Trinajstić information content (AvgIpc) is 2.96. The molecule has 0 bridgehead atoms. The molecule has 1 amide bonds. The zero-order valence-electron chi connectivity index (χ0n) is 12.0. The average molecular weight is 275 g/mol. The van der Waals surface area contributed by atoms with Crippen molar-refractivity contribution < 1.29 is 14.3 Å². The molecule has 1 aliphatic heterocycles. The number of esters is 1. The summed E-state index contributed by atoms with van der Waals surface area (Å²) in [5.41, 5.74) is 1.14. The summed E-state index contributed by atoms with van der Waals surface area (Å²) in [6.07, 6.45) is 2.27. The van der Waals surface area contributed by atoms with Crippen molar-refractivity contribution in [2.45, 2.75) is 32.2 Å². The van der Waals surface area contributed by atoms with E-state index < -0.39 is 6.04 Å². The Kier molecular flexibility index (Phi) is 4.77. The van der Waals surface area contributed by atoms with Crippen molar-refractivity contribution in [3.63, 3.8) is 0 Å². The summed E-state index contributed by atoms with van der Waals surface area (Å²) >= 11 is 0. The van der Waals surface area contributed by atoms with Gasteiger partial charge in [-0.15, -0.1) is 0 Å². The van der Waals surface area contributed by atoms with Crippen molar-refractivity contribution in [1.29, 1.82) is 0 Å². The maximum Gasteiger partial charge on any atom is 0.328 e. The molecule has 0 radical (unpaired) electrons. The van der Waals surface area contributed by atoms with E-state index in [1.54, 1.807) is 4.90 Å². The van der Waals surface area contributed by atoms with E-state index in [1.807, 2.05) is 37.3 Å². The smallest absolute Gasteiger partial charge is 0.328 e. The van der Waals surface area contributed by atoms with Gasteiger partial charge in [0.05, 0.1) is 7.11 Å². The van der Waals surface area contributed by atoms with E-state index in [-0.39, 0.29) is 17.8 Å². The van der Waals surface area contributed by atoms with Crippen molar-refractivity contribution >= 4 is 11.9 Å². The quantitative estimate of drug-likeness (QED) is 0.790. The van der Waals surface area contributed by atoms with Crippen LogP contribution in [0, 0.1) is 5.92 Å². The van der Waals surface area contributed by atoms with Crippen LogP contribution in [0.5, 0.6) is 0 Å². The Balaban J connectivity index is 2.01. The van der Waals surface area contributed by atoms with Gasteiger partial charge in [-0.05, 0) is 24.8 Å². The molecule has 1 aliphatic rings. The summed E-state index contributed by atoms with van der Waals surface area (Å²) in [6.45, 7) is 2.57. The van der Waals surface area contributed by atoms with Crippen molar-refractivity contribution in [1.82, 2.24) is 4.90 Å². The molecular formula is C16H21NO3. The molecular weight excluding hydrogens is 254 g/mol. The second-order valence-electron chi connectivity index (χ2n) is 5.30. The highest BCUT2D eigenvalue weighted by Gasteiger charge is 2.36. The normalized spacial score (nSPS) is 19.7. The van der Waals surface area contributed by atoms with Gasteiger partial charge >= 0.3 is 5.97 Å². The third-order valence-electron chi connectivity index (χ3n) is 3.82. The summed E-state index contributed by atoms with van der Waals surface area (Å²) in [5, 5.41) is 0. The van der Waals surface area contributed by atoms with Gasteiger partial charge < -0.3 is 9.64 Å². The van der Waals surface area contributed by atoms with Crippen LogP contribution in [-0.2, 0) is 20.7 Å². The van der Waals surface area contributed by atoms with E-state index in [0.717, 1.165) is 12.0 Å². The Morgan fingerprint density at radius 1 is 1.35 bits per heavy atom. The van der Waals surface area contributed by atoms with E-state index in [0.29, 0.717) is 19.4 Å². The molecule has 0 N–H and O–H groups in total. The van der Waals surface area contributed by atoms with E-state index in [2.05, 4.69) is 0 Å². The first-order chi connectivity index (χ1) is 9.63. The molecule has 2 rings (SSSR count). The number of rotatable bonds is 4. The van der Waals surface area contributed by atoms with E-state index >= 15 is 0 Å². The van der Waals surface area contributed by atoms with Crippen LogP contribution in [-0.4, -0.2) is 36.5 Å². The number of ether oxygens (including phenoxy) is 1. The van der Waals surface area contributed by atoms with Gasteiger partial charge in [-0.3, -0.25) is 4.79 Å². The molecule has 1 fully saturated rings. The highest BCUT2D eigenvalue weighted by molar-refractivity contribution is 5.86. The van der Waals surface area contributed by atoms with Crippen LogP contribution in [0.25, 0.3) is 0 Å². The summed E-state index contributed by atoms with van der Waals surface area (Å²) < 4.78 is 4.78. The van der Waals surface area contributed by atoms with Crippen molar-refractivity contribution in [3.05, 3.63) is 35.9 Å². The zero-order valence-corrected chi connectivity index (χ0v) is 12.0. The number of nitrogens with zero attached hydrogens (tertiary/aromatic N) is 1. The van der Waals surface area contributed by atoms with Gasteiger partial charge in [0.15, 0.2) is 0 Å². The molecule has 1 unspecified atom stereocenters. The van der Waals surface area contributed by atoms with Gasteiger partial charge in [0, 0.05) is 12.5 Å². The van der Waals surface area contributed by atoms with Crippen molar-refractivity contribution in [2.75, 3.05) is 13.7 Å². The minimum absolute atomic E-state index is 0.0433. The summed E-state index contributed by atoms with van der Waals surface area (Å²) in [5.74, 6) is -0.382. The van der Waals surface area contributed by atoms with Crippen molar-refractivity contribution in [2.24, 2.45) is 5.92 Å². The lowest BCUT2D eigenvalue weighted by molar-refractivity contribution is -0.152. The minimum atomic E-state index is -0.397. The third kappa shape index (κ3) is 3.18. The van der Waals surface area contributed by atoms with Gasteiger partial charge in [0.25, 0.3) is 0 Å². The fourth-order valence-corrected chi connectivity index (χ4v) is 2.75. The molecule has 4 nitrogen and oxygen atoms in total. The summed E-state index contributed by atoms with van der Waals surface area (Å²) in [7, 11) is 1.37. The number of amides is 1. The maximum absolute atomic E-state index is 12.5. The molecule has 0 spiro atoms. The third-order valence-corrected chi connectivity index (χ3v) is 3.82. The molecule has 20 heavy (non-hydrogen) atoms. The van der Waals surface area contributed by atoms with Gasteiger partial charge in [-0.1, -0.05) is 37.3 Å². The number of hydrogen-bond acceptors (Lipinski definition) is 3. The molecule has 0 aromatic heterocycles. The van der Waals surface area contributed by atoms with Gasteiger partial charge in [-0.2, -0.15) is 0 Å². The SMILES string of the molecule is COC(=O)[C@@H]1CCCN1C(=O)C(C)Cc1ccccc1. The van der Waals surface area contributed by atoms with Crippen LogP contribution in [0.4, 0.5) is 0 Å². The fraction of sp³-hybridized carbons (Fsp3) is 0.500. The highest BCUT2D eigenvalue weighted by atomic mass is 16.5. The topological polar surface area (TPSA) is 46.6 Å². The van der Waals surface area contributed by atoms with Crippen LogP contribution < -0.4 is 0 Å². The van der Waals surface area contributed by atoms with Crippen LogP contribution in [0.2, 0.25) is 0 Å². The lowest BCUT2D eigenvalue weighted by Gasteiger charge is -2.25. The number of hydrogen-bond donors (Lipinski definition) is 0. The maximum atomic E-state index is 12.5. The zero-order chi connectivity index (χ0) is 14.5. The number of methoxy groups -OCH3 is 1. The lowest BCUT2D eigenvalue weighted by atomic mass is 9.99. The molecule has 0 aliphatic carbocycles. The van der Waals surface area contributed by atoms with Crippen LogP contribution in [0.15, 0.2) is 30.3 Å². The summed E-state index contributed by atoms with van der Waals surface area (Å²) in [6, 6.07) is 9.55.